The van der Waals surface area contributed by atoms with Crippen LogP contribution in [-0.4, -0.2) is 37.3 Å². The normalized spacial score (nSPS) is 14.6. The highest BCUT2D eigenvalue weighted by molar-refractivity contribution is 6.18. The van der Waals surface area contributed by atoms with Gasteiger partial charge in [-0.2, -0.15) is 5.10 Å². The van der Waals surface area contributed by atoms with E-state index >= 15 is 0 Å². The zero-order valence-electron chi connectivity index (χ0n) is 9.08. The van der Waals surface area contributed by atoms with Gasteiger partial charge in [0.1, 0.15) is 6.10 Å². The Bertz CT molecular complexity index is 586. The molecule has 8 heteroatoms. The van der Waals surface area contributed by atoms with Crippen LogP contribution in [0, 0.1) is 10.1 Å². The quantitative estimate of drug-likeness (QED) is 0.438. The van der Waals surface area contributed by atoms with Gasteiger partial charge >= 0.3 is 0 Å². The molecule has 0 amide bonds. The van der Waals surface area contributed by atoms with Gasteiger partial charge in [0.25, 0.3) is 5.69 Å². The minimum Gasteiger partial charge on any atom is -0.389 e. The van der Waals surface area contributed by atoms with Crippen LogP contribution in [-0.2, 0) is 0 Å². The van der Waals surface area contributed by atoms with Crippen LogP contribution in [0.25, 0.3) is 10.9 Å². The summed E-state index contributed by atoms with van der Waals surface area (Å²) in [6, 6.07) is 2.70. The first kappa shape index (κ1) is 12.7. The van der Waals surface area contributed by atoms with Crippen LogP contribution in [0.2, 0.25) is 0 Å². The monoisotopic (exact) mass is 271 g/mol. The molecule has 7 nitrogen and oxygen atoms in total. The molecule has 2 unspecified atom stereocenters. The molecule has 0 saturated heterocycles. The zero-order valence-corrected chi connectivity index (χ0v) is 9.83. The van der Waals surface area contributed by atoms with Crippen molar-refractivity contribution in [2.75, 3.05) is 5.88 Å². The molecule has 2 rings (SSSR count). The maximum Gasteiger partial charge on any atom is 0.280 e. The van der Waals surface area contributed by atoms with Gasteiger partial charge in [0.2, 0.25) is 0 Å². The molecule has 0 radical (unpaired) electrons. The third kappa shape index (κ3) is 2.15. The number of aliphatic hydroxyl groups is 2. The van der Waals surface area contributed by atoms with Gasteiger partial charge < -0.3 is 10.2 Å². The number of halogens is 1. The molecule has 0 bridgehead atoms. The highest BCUT2D eigenvalue weighted by Gasteiger charge is 2.22. The van der Waals surface area contributed by atoms with Gasteiger partial charge in [0.05, 0.1) is 34.0 Å². The van der Waals surface area contributed by atoms with Crippen LogP contribution < -0.4 is 0 Å². The minimum atomic E-state index is -1.28. The Hall–Kier alpha value is -1.70. The molecule has 0 aliphatic heterocycles. The summed E-state index contributed by atoms with van der Waals surface area (Å²) in [4.78, 5) is 10.4. The highest BCUT2D eigenvalue weighted by Crippen LogP contribution is 2.29. The number of nitrogens with one attached hydrogen (secondary N) is 1. The van der Waals surface area contributed by atoms with Crippen molar-refractivity contribution >= 4 is 28.2 Å². The van der Waals surface area contributed by atoms with E-state index in [1.165, 1.54) is 18.3 Å². The summed E-state index contributed by atoms with van der Waals surface area (Å²) in [7, 11) is 0. The fourth-order valence-corrected chi connectivity index (χ4v) is 1.85. The number of benzene rings is 1. The first-order valence-corrected chi connectivity index (χ1v) is 5.61. The van der Waals surface area contributed by atoms with Crippen LogP contribution in [0.5, 0.6) is 0 Å². The average molecular weight is 272 g/mol. The van der Waals surface area contributed by atoms with Crippen molar-refractivity contribution in [2.24, 2.45) is 0 Å². The van der Waals surface area contributed by atoms with Crippen molar-refractivity contribution in [3.8, 4) is 0 Å². The molecule has 96 valence electrons. The highest BCUT2D eigenvalue weighted by atomic mass is 35.5. The van der Waals surface area contributed by atoms with Crippen molar-refractivity contribution in [1.82, 2.24) is 10.2 Å². The lowest BCUT2D eigenvalue weighted by molar-refractivity contribution is -0.383. The molecule has 18 heavy (non-hydrogen) atoms. The van der Waals surface area contributed by atoms with Crippen molar-refractivity contribution in [3.63, 3.8) is 0 Å². The lowest BCUT2D eigenvalue weighted by atomic mass is 10.0. The molecule has 0 spiro atoms. The molecular formula is C10H10ClN3O4. The van der Waals surface area contributed by atoms with Crippen molar-refractivity contribution in [2.45, 2.75) is 12.2 Å². The summed E-state index contributed by atoms with van der Waals surface area (Å²) in [6.07, 6.45) is -1.14. The molecule has 2 atom stereocenters. The zero-order chi connectivity index (χ0) is 13.3. The van der Waals surface area contributed by atoms with Crippen LogP contribution in [0.3, 0.4) is 0 Å². The van der Waals surface area contributed by atoms with E-state index in [1.807, 2.05) is 0 Å². The molecule has 3 N–H and O–H groups in total. The maximum absolute atomic E-state index is 10.9. The third-order valence-electron chi connectivity index (χ3n) is 2.62. The molecule has 2 aromatic rings. The van der Waals surface area contributed by atoms with Gasteiger partial charge in [-0.1, -0.05) is 0 Å². The van der Waals surface area contributed by atoms with Gasteiger partial charge in [-0.3, -0.25) is 15.2 Å². The van der Waals surface area contributed by atoms with Gasteiger partial charge in [-0.25, -0.2) is 0 Å². The SMILES string of the molecule is O=[N+]([O-])c1cc(C(O)C(O)CCl)cc2[nH]ncc12. The van der Waals surface area contributed by atoms with E-state index in [-0.39, 0.29) is 17.1 Å². The van der Waals surface area contributed by atoms with Crippen LogP contribution in [0.15, 0.2) is 18.3 Å². The van der Waals surface area contributed by atoms with Crippen LogP contribution in [0.4, 0.5) is 5.69 Å². The molecular weight excluding hydrogens is 262 g/mol. The second-order valence-corrected chi connectivity index (χ2v) is 4.10. The Morgan fingerprint density at radius 3 is 2.83 bits per heavy atom. The van der Waals surface area contributed by atoms with E-state index in [2.05, 4.69) is 10.2 Å². The Morgan fingerprint density at radius 2 is 2.22 bits per heavy atom. The minimum absolute atomic E-state index is 0.171. The summed E-state index contributed by atoms with van der Waals surface area (Å²) >= 11 is 5.43. The number of rotatable bonds is 4. The van der Waals surface area contributed by atoms with Crippen molar-refractivity contribution in [1.29, 1.82) is 0 Å². The molecule has 1 heterocycles. The van der Waals surface area contributed by atoms with E-state index in [1.54, 1.807) is 0 Å². The van der Waals surface area contributed by atoms with Crippen LogP contribution in [0.1, 0.15) is 11.7 Å². The van der Waals surface area contributed by atoms with E-state index < -0.39 is 17.1 Å². The van der Waals surface area contributed by atoms with Crippen molar-refractivity contribution in [3.05, 3.63) is 34.0 Å². The lowest BCUT2D eigenvalue weighted by Gasteiger charge is -2.15. The fraction of sp³-hybridized carbons (Fsp3) is 0.300. The Kier molecular flexibility index (Phi) is 3.46. The topological polar surface area (TPSA) is 112 Å². The molecule has 0 fully saturated rings. The average Bonchev–Trinajstić information content (AvgIpc) is 2.83. The summed E-state index contributed by atoms with van der Waals surface area (Å²) in [6.45, 7) is 0. The Balaban J connectivity index is 2.55. The number of aromatic amines is 1. The number of nitrogens with zero attached hydrogens (tertiary/aromatic N) is 2. The number of aromatic nitrogens is 2. The number of alkyl halides is 1. The third-order valence-corrected chi connectivity index (χ3v) is 2.94. The smallest absolute Gasteiger partial charge is 0.280 e. The summed E-state index contributed by atoms with van der Waals surface area (Å²) in [5.74, 6) is -0.171. The number of H-pyrrole nitrogens is 1. The van der Waals surface area contributed by atoms with E-state index in [0.29, 0.717) is 10.9 Å². The first-order chi connectivity index (χ1) is 8.54. The molecule has 1 aromatic heterocycles. The maximum atomic E-state index is 10.9. The van der Waals surface area contributed by atoms with Gasteiger partial charge in [-0.05, 0) is 11.6 Å². The van der Waals surface area contributed by atoms with E-state index in [0.717, 1.165) is 0 Å². The summed E-state index contributed by atoms with van der Waals surface area (Å²) in [5, 5.41) is 36.8. The lowest BCUT2D eigenvalue weighted by Crippen LogP contribution is -2.19. The fourth-order valence-electron chi connectivity index (χ4n) is 1.68. The second-order valence-electron chi connectivity index (χ2n) is 3.79. The number of hydrogen-bond acceptors (Lipinski definition) is 5. The van der Waals surface area contributed by atoms with E-state index in [9.17, 15) is 20.3 Å². The van der Waals surface area contributed by atoms with Crippen LogP contribution >= 0.6 is 11.6 Å². The number of non-ortho nitro benzene ring substituents is 1. The predicted molar refractivity (Wildman–Crippen MR) is 64.4 cm³/mol. The predicted octanol–water partition coefficient (Wildman–Crippen LogP) is 1.10. The van der Waals surface area contributed by atoms with Crippen molar-refractivity contribution < 1.29 is 15.1 Å². The summed E-state index contributed by atoms with van der Waals surface area (Å²) in [5.41, 5.74) is 0.448. The number of hydrogen-bond donors (Lipinski definition) is 3. The molecule has 0 aliphatic carbocycles. The molecule has 0 aliphatic rings. The molecule has 0 saturated carbocycles. The van der Waals surface area contributed by atoms with Gasteiger partial charge in [0, 0.05) is 6.07 Å². The van der Waals surface area contributed by atoms with Gasteiger partial charge in [0.15, 0.2) is 0 Å². The number of nitro benzene ring substituents is 1. The molecule has 1 aromatic carbocycles. The number of nitro groups is 1. The second kappa shape index (κ2) is 4.89. The first-order valence-electron chi connectivity index (χ1n) is 5.08. The number of aliphatic hydroxyl groups excluding tert-OH is 2. The number of fused-ring (bicyclic) bond motifs is 1. The largest absolute Gasteiger partial charge is 0.389 e. The Morgan fingerprint density at radius 1 is 1.50 bits per heavy atom. The van der Waals surface area contributed by atoms with Gasteiger partial charge in [-0.15, -0.1) is 11.6 Å². The van der Waals surface area contributed by atoms with E-state index in [4.69, 9.17) is 11.6 Å². The standard InChI is InChI=1S/C10H10ClN3O4/c11-3-9(15)10(16)5-1-7-6(4-12-13-7)8(2-5)14(17)18/h1-2,4,9-10,15-16H,3H2,(H,12,13). The Labute approximate surface area is 106 Å². The summed E-state index contributed by atoms with van der Waals surface area (Å²) < 4.78 is 0.